The van der Waals surface area contributed by atoms with E-state index in [-0.39, 0.29) is 12.2 Å². The standard InChI is InChI=1S/C16H15F3N2O5/c1-20-13(23)11(14(24)21(2)15(20)25)12(22)10-5-3-9(4-6-10)7-26-8-16(17,18)19/h3-6,11H,7-8H2,1-2H3. The van der Waals surface area contributed by atoms with E-state index in [1.54, 1.807) is 0 Å². The molecule has 10 heteroatoms. The third-order valence-corrected chi connectivity index (χ3v) is 3.76. The molecule has 4 amide bonds. The van der Waals surface area contributed by atoms with Crippen LogP contribution in [0.2, 0.25) is 0 Å². The van der Waals surface area contributed by atoms with Gasteiger partial charge >= 0.3 is 12.2 Å². The van der Waals surface area contributed by atoms with Gasteiger partial charge in [-0.15, -0.1) is 0 Å². The molecule has 0 unspecified atom stereocenters. The first-order chi connectivity index (χ1) is 12.0. The maximum absolute atomic E-state index is 12.5. The highest BCUT2D eigenvalue weighted by Crippen LogP contribution is 2.21. The van der Waals surface area contributed by atoms with Crippen LogP contribution in [-0.4, -0.2) is 60.3 Å². The lowest BCUT2D eigenvalue weighted by atomic mass is 9.93. The van der Waals surface area contributed by atoms with Crippen LogP contribution in [0.15, 0.2) is 24.3 Å². The van der Waals surface area contributed by atoms with Crippen molar-refractivity contribution < 1.29 is 37.1 Å². The third kappa shape index (κ3) is 4.07. The fraction of sp³-hybridized carbons (Fsp3) is 0.375. The van der Waals surface area contributed by atoms with Gasteiger partial charge in [0.25, 0.3) is 11.8 Å². The summed E-state index contributed by atoms with van der Waals surface area (Å²) in [6.45, 7) is -1.71. The van der Waals surface area contributed by atoms with Gasteiger partial charge in [-0.3, -0.25) is 24.2 Å². The number of Topliss-reactive ketones (excluding diaryl/α,β-unsaturated/α-hetero) is 1. The van der Waals surface area contributed by atoms with Gasteiger partial charge in [-0.2, -0.15) is 13.2 Å². The zero-order valence-corrected chi connectivity index (χ0v) is 13.9. The summed E-state index contributed by atoms with van der Waals surface area (Å²) in [5.41, 5.74) is 0.406. The van der Waals surface area contributed by atoms with Crippen LogP contribution in [0.5, 0.6) is 0 Å². The van der Waals surface area contributed by atoms with Gasteiger partial charge < -0.3 is 4.74 Å². The number of alkyl halides is 3. The van der Waals surface area contributed by atoms with Gasteiger partial charge in [0.1, 0.15) is 6.61 Å². The van der Waals surface area contributed by atoms with Crippen LogP contribution in [-0.2, 0) is 20.9 Å². The number of nitrogens with zero attached hydrogens (tertiary/aromatic N) is 2. The summed E-state index contributed by atoms with van der Waals surface area (Å²) in [6, 6.07) is 4.46. The minimum atomic E-state index is -4.44. The van der Waals surface area contributed by atoms with Crippen molar-refractivity contribution in [1.82, 2.24) is 9.80 Å². The molecule has 1 aliphatic rings. The molecular formula is C16H15F3N2O5. The average Bonchev–Trinajstić information content (AvgIpc) is 2.58. The Morgan fingerprint density at radius 3 is 2.00 bits per heavy atom. The molecule has 26 heavy (non-hydrogen) atoms. The minimum absolute atomic E-state index is 0.0208. The van der Waals surface area contributed by atoms with Crippen LogP contribution in [0.25, 0.3) is 0 Å². The Kier molecular flexibility index (Phi) is 5.45. The smallest absolute Gasteiger partial charge is 0.367 e. The van der Waals surface area contributed by atoms with Gasteiger partial charge in [0.05, 0.1) is 6.61 Å². The van der Waals surface area contributed by atoms with Crippen molar-refractivity contribution in [1.29, 1.82) is 0 Å². The normalized spacial score (nSPS) is 16.4. The van der Waals surface area contributed by atoms with Gasteiger partial charge in [0.2, 0.25) is 0 Å². The molecule has 0 aliphatic carbocycles. The number of barbiturate groups is 1. The van der Waals surface area contributed by atoms with Crippen molar-refractivity contribution in [2.24, 2.45) is 5.92 Å². The first kappa shape index (κ1) is 19.6. The first-order valence-electron chi connectivity index (χ1n) is 7.39. The number of amides is 4. The van der Waals surface area contributed by atoms with E-state index < -0.39 is 42.3 Å². The maximum atomic E-state index is 12.5. The molecule has 0 spiro atoms. The zero-order chi connectivity index (χ0) is 19.6. The molecule has 0 aromatic heterocycles. The summed E-state index contributed by atoms with van der Waals surface area (Å²) in [7, 11) is 2.32. The number of halogens is 3. The van der Waals surface area contributed by atoms with Crippen molar-refractivity contribution >= 4 is 23.6 Å². The van der Waals surface area contributed by atoms with Gasteiger partial charge in [-0.25, -0.2) is 4.79 Å². The third-order valence-electron chi connectivity index (χ3n) is 3.76. The number of urea groups is 1. The molecule has 0 bridgehead atoms. The highest BCUT2D eigenvalue weighted by Gasteiger charge is 2.46. The number of imide groups is 2. The van der Waals surface area contributed by atoms with Gasteiger partial charge in [-0.1, -0.05) is 24.3 Å². The highest BCUT2D eigenvalue weighted by atomic mass is 19.4. The zero-order valence-electron chi connectivity index (χ0n) is 13.9. The van der Waals surface area contributed by atoms with E-state index in [0.29, 0.717) is 15.4 Å². The van der Waals surface area contributed by atoms with Crippen LogP contribution in [0.1, 0.15) is 15.9 Å². The molecule has 1 saturated heterocycles. The summed E-state index contributed by atoms with van der Waals surface area (Å²) in [6.07, 6.45) is -4.44. The second kappa shape index (κ2) is 7.24. The molecule has 1 aromatic rings. The predicted octanol–water partition coefficient (Wildman–Crippen LogP) is 1.61. The second-order valence-corrected chi connectivity index (χ2v) is 5.68. The van der Waals surface area contributed by atoms with Crippen LogP contribution in [0, 0.1) is 5.92 Å². The maximum Gasteiger partial charge on any atom is 0.411 e. The molecule has 1 fully saturated rings. The summed E-state index contributed by atoms with van der Waals surface area (Å²) in [5.74, 6) is -4.33. The lowest BCUT2D eigenvalue weighted by Crippen LogP contribution is -2.58. The Morgan fingerprint density at radius 2 is 1.54 bits per heavy atom. The van der Waals surface area contributed by atoms with E-state index in [2.05, 4.69) is 4.74 Å². The molecular weight excluding hydrogens is 357 g/mol. The van der Waals surface area contributed by atoms with E-state index in [9.17, 15) is 32.3 Å². The SMILES string of the molecule is CN1C(=O)C(C(=O)c2ccc(COCC(F)(F)F)cc2)C(=O)N(C)C1=O. The molecule has 0 N–H and O–H groups in total. The number of benzene rings is 1. The number of hydrogen-bond acceptors (Lipinski definition) is 5. The van der Waals surface area contributed by atoms with Crippen molar-refractivity contribution in [3.8, 4) is 0 Å². The second-order valence-electron chi connectivity index (χ2n) is 5.68. The summed E-state index contributed by atoms with van der Waals surface area (Å²) in [4.78, 5) is 49.8. The fourth-order valence-corrected chi connectivity index (χ4v) is 2.35. The number of rotatable bonds is 5. The van der Waals surface area contributed by atoms with Gasteiger partial charge in [0, 0.05) is 19.7 Å². The van der Waals surface area contributed by atoms with Crippen molar-refractivity contribution in [2.45, 2.75) is 12.8 Å². The fourth-order valence-electron chi connectivity index (χ4n) is 2.35. The summed E-state index contributed by atoms with van der Waals surface area (Å²) < 4.78 is 40.6. The van der Waals surface area contributed by atoms with Gasteiger partial charge in [-0.05, 0) is 5.56 Å². The minimum Gasteiger partial charge on any atom is -0.367 e. The summed E-state index contributed by atoms with van der Waals surface area (Å²) in [5, 5.41) is 0. The highest BCUT2D eigenvalue weighted by molar-refractivity contribution is 6.29. The van der Waals surface area contributed by atoms with E-state index in [1.165, 1.54) is 24.3 Å². The van der Waals surface area contributed by atoms with E-state index in [1.807, 2.05) is 0 Å². The van der Waals surface area contributed by atoms with Crippen molar-refractivity contribution in [3.05, 3.63) is 35.4 Å². The molecule has 0 radical (unpaired) electrons. The Morgan fingerprint density at radius 1 is 1.04 bits per heavy atom. The molecule has 1 aromatic carbocycles. The van der Waals surface area contributed by atoms with E-state index in [4.69, 9.17) is 0 Å². The largest absolute Gasteiger partial charge is 0.411 e. The molecule has 1 aliphatic heterocycles. The Labute approximate surface area is 146 Å². The number of ether oxygens (including phenoxy) is 1. The number of hydrogen-bond donors (Lipinski definition) is 0. The van der Waals surface area contributed by atoms with E-state index >= 15 is 0 Å². The Balaban J connectivity index is 2.11. The van der Waals surface area contributed by atoms with Crippen molar-refractivity contribution in [3.63, 3.8) is 0 Å². The molecule has 140 valence electrons. The molecule has 0 saturated carbocycles. The van der Waals surface area contributed by atoms with Crippen molar-refractivity contribution in [2.75, 3.05) is 20.7 Å². The lowest BCUT2D eigenvalue weighted by molar-refractivity contribution is -0.176. The van der Waals surface area contributed by atoms with Crippen LogP contribution in [0.3, 0.4) is 0 Å². The van der Waals surface area contributed by atoms with E-state index in [0.717, 1.165) is 14.1 Å². The first-order valence-corrected chi connectivity index (χ1v) is 7.39. The van der Waals surface area contributed by atoms with Gasteiger partial charge in [0.15, 0.2) is 11.7 Å². The average molecular weight is 372 g/mol. The lowest BCUT2D eigenvalue weighted by Gasteiger charge is -2.32. The number of carbonyl (C=O) groups is 4. The molecule has 0 atom stereocenters. The van der Waals surface area contributed by atoms with Crippen LogP contribution in [0.4, 0.5) is 18.0 Å². The molecule has 1 heterocycles. The molecule has 7 nitrogen and oxygen atoms in total. The molecule has 2 rings (SSSR count). The Hall–Kier alpha value is -2.75. The Bertz CT molecular complexity index is 721. The quantitative estimate of drug-likeness (QED) is 0.579. The van der Waals surface area contributed by atoms with Crippen LogP contribution < -0.4 is 0 Å². The van der Waals surface area contributed by atoms with Crippen LogP contribution >= 0.6 is 0 Å². The number of carbonyl (C=O) groups excluding carboxylic acids is 4. The summed E-state index contributed by atoms with van der Waals surface area (Å²) >= 11 is 0. The predicted molar refractivity (Wildman–Crippen MR) is 80.9 cm³/mol. The monoisotopic (exact) mass is 372 g/mol. The number of ketones is 1. The topological polar surface area (TPSA) is 84.0 Å².